The molecule has 8 nitrogen and oxygen atoms in total. The first kappa shape index (κ1) is 19.7. The summed E-state index contributed by atoms with van der Waals surface area (Å²) in [5.41, 5.74) is 3.46. The van der Waals surface area contributed by atoms with Crippen molar-refractivity contribution in [3.05, 3.63) is 54.2 Å². The molecule has 1 fully saturated rings. The molecule has 160 valence electrons. The van der Waals surface area contributed by atoms with Crippen molar-refractivity contribution in [2.45, 2.75) is 44.6 Å². The summed E-state index contributed by atoms with van der Waals surface area (Å²) in [5.74, 6) is 1.85. The Morgan fingerprint density at radius 2 is 1.94 bits per heavy atom. The van der Waals surface area contributed by atoms with Gasteiger partial charge in [-0.1, -0.05) is 30.3 Å². The van der Waals surface area contributed by atoms with Crippen molar-refractivity contribution in [2.24, 2.45) is 0 Å². The van der Waals surface area contributed by atoms with Gasteiger partial charge in [-0.2, -0.15) is 5.10 Å². The normalized spacial score (nSPS) is 17.0. The summed E-state index contributed by atoms with van der Waals surface area (Å²) in [6.07, 6.45) is 7.23. The highest BCUT2D eigenvalue weighted by Gasteiger charge is 2.44. The van der Waals surface area contributed by atoms with Crippen LogP contribution in [0.25, 0.3) is 11.4 Å². The lowest BCUT2D eigenvalue weighted by Crippen LogP contribution is -2.43. The maximum Gasteiger partial charge on any atom is 0.219 e. The van der Waals surface area contributed by atoms with Crippen LogP contribution >= 0.6 is 0 Å². The van der Waals surface area contributed by atoms with Crippen LogP contribution in [0.2, 0.25) is 0 Å². The van der Waals surface area contributed by atoms with E-state index in [1.54, 1.807) is 19.6 Å². The van der Waals surface area contributed by atoms with Crippen LogP contribution in [0.5, 0.6) is 0 Å². The predicted molar refractivity (Wildman–Crippen MR) is 117 cm³/mol. The SMILES string of the molecule is CC(=O)N1CCC2(CCc3c(NCCn4cncn4)nc(-c4ccccc4)nc32)CC1. The number of nitrogens with zero attached hydrogens (tertiary/aromatic N) is 6. The molecule has 5 rings (SSSR count). The number of hydrogen-bond acceptors (Lipinski definition) is 6. The lowest BCUT2D eigenvalue weighted by molar-refractivity contribution is -0.130. The van der Waals surface area contributed by atoms with Gasteiger partial charge in [0, 0.05) is 43.1 Å². The first-order chi connectivity index (χ1) is 15.1. The number of likely N-dealkylation sites (tertiary alicyclic amines) is 1. The number of hydrogen-bond donors (Lipinski definition) is 1. The number of fused-ring (bicyclic) bond motifs is 2. The van der Waals surface area contributed by atoms with E-state index in [9.17, 15) is 4.79 Å². The van der Waals surface area contributed by atoms with Crippen LogP contribution in [0.4, 0.5) is 5.82 Å². The summed E-state index contributed by atoms with van der Waals surface area (Å²) >= 11 is 0. The molecule has 1 aromatic carbocycles. The predicted octanol–water partition coefficient (Wildman–Crippen LogP) is 2.67. The molecule has 2 aromatic heterocycles. The van der Waals surface area contributed by atoms with Crippen molar-refractivity contribution in [3.8, 4) is 11.4 Å². The molecule has 1 amide bonds. The summed E-state index contributed by atoms with van der Waals surface area (Å²) in [4.78, 5) is 27.8. The molecule has 3 heterocycles. The number of anilines is 1. The van der Waals surface area contributed by atoms with Gasteiger partial charge in [-0.25, -0.2) is 15.0 Å². The molecule has 1 saturated heterocycles. The molecule has 31 heavy (non-hydrogen) atoms. The van der Waals surface area contributed by atoms with Crippen molar-refractivity contribution >= 4 is 11.7 Å². The van der Waals surface area contributed by atoms with E-state index < -0.39 is 0 Å². The Morgan fingerprint density at radius 3 is 2.65 bits per heavy atom. The van der Waals surface area contributed by atoms with E-state index >= 15 is 0 Å². The second kappa shape index (κ2) is 8.09. The number of carbonyl (C=O) groups is 1. The minimum absolute atomic E-state index is 0.0378. The zero-order chi connectivity index (χ0) is 21.3. The van der Waals surface area contributed by atoms with Gasteiger partial charge < -0.3 is 10.2 Å². The molecule has 1 N–H and O–H groups in total. The van der Waals surface area contributed by atoms with Gasteiger partial charge in [0.25, 0.3) is 0 Å². The van der Waals surface area contributed by atoms with Gasteiger partial charge in [-0.3, -0.25) is 9.48 Å². The number of carbonyl (C=O) groups excluding carboxylic acids is 1. The molecule has 0 atom stereocenters. The van der Waals surface area contributed by atoms with Gasteiger partial charge in [0.05, 0.1) is 12.2 Å². The van der Waals surface area contributed by atoms with E-state index in [-0.39, 0.29) is 11.3 Å². The number of rotatable bonds is 5. The highest BCUT2D eigenvalue weighted by molar-refractivity contribution is 5.73. The van der Waals surface area contributed by atoms with Crippen LogP contribution in [0.1, 0.15) is 37.4 Å². The summed E-state index contributed by atoms with van der Waals surface area (Å²) in [6, 6.07) is 10.2. The van der Waals surface area contributed by atoms with Gasteiger partial charge >= 0.3 is 0 Å². The van der Waals surface area contributed by atoms with Gasteiger partial charge in [0.2, 0.25) is 5.91 Å². The molecular weight excluding hydrogens is 390 g/mol. The van der Waals surface area contributed by atoms with Crippen LogP contribution in [-0.2, 0) is 23.2 Å². The van der Waals surface area contributed by atoms with E-state index in [0.717, 1.165) is 62.5 Å². The van der Waals surface area contributed by atoms with Gasteiger partial charge in [0.15, 0.2) is 5.82 Å². The van der Waals surface area contributed by atoms with Crippen LogP contribution in [0.15, 0.2) is 43.0 Å². The van der Waals surface area contributed by atoms with Crippen molar-refractivity contribution in [1.29, 1.82) is 0 Å². The highest BCUT2D eigenvalue weighted by atomic mass is 16.2. The van der Waals surface area contributed by atoms with Gasteiger partial charge in [0.1, 0.15) is 18.5 Å². The smallest absolute Gasteiger partial charge is 0.219 e. The number of nitrogens with one attached hydrogen (secondary N) is 1. The van der Waals surface area contributed by atoms with Crippen LogP contribution in [0, 0.1) is 0 Å². The first-order valence-corrected chi connectivity index (χ1v) is 10.9. The maximum atomic E-state index is 11.8. The number of benzene rings is 1. The molecule has 1 aliphatic heterocycles. The molecule has 2 aliphatic rings. The van der Waals surface area contributed by atoms with Crippen LogP contribution in [0.3, 0.4) is 0 Å². The Balaban J connectivity index is 1.47. The second-order valence-electron chi connectivity index (χ2n) is 8.46. The average molecular weight is 418 g/mol. The lowest BCUT2D eigenvalue weighted by Gasteiger charge is -2.39. The summed E-state index contributed by atoms with van der Waals surface area (Å²) in [7, 11) is 0. The Labute approximate surface area is 181 Å². The van der Waals surface area contributed by atoms with E-state index in [0.29, 0.717) is 6.54 Å². The Kier molecular flexibility index (Phi) is 5.13. The Morgan fingerprint density at radius 1 is 1.13 bits per heavy atom. The zero-order valence-electron chi connectivity index (χ0n) is 17.8. The fourth-order valence-corrected chi connectivity index (χ4v) is 4.88. The molecular formula is C23H27N7O. The van der Waals surface area contributed by atoms with Crippen LogP contribution < -0.4 is 5.32 Å². The summed E-state index contributed by atoms with van der Waals surface area (Å²) in [5, 5.41) is 7.71. The van der Waals surface area contributed by atoms with Crippen molar-refractivity contribution in [2.75, 3.05) is 25.0 Å². The lowest BCUT2D eigenvalue weighted by atomic mass is 9.76. The van der Waals surface area contributed by atoms with Crippen molar-refractivity contribution in [1.82, 2.24) is 29.6 Å². The van der Waals surface area contributed by atoms with Crippen molar-refractivity contribution in [3.63, 3.8) is 0 Å². The molecule has 1 aliphatic carbocycles. The molecule has 3 aromatic rings. The quantitative estimate of drug-likeness (QED) is 0.687. The average Bonchev–Trinajstić information content (AvgIpc) is 3.44. The third-order valence-electron chi connectivity index (χ3n) is 6.66. The summed E-state index contributed by atoms with van der Waals surface area (Å²) < 4.78 is 1.81. The Bertz CT molecular complexity index is 1060. The molecule has 8 heteroatoms. The minimum atomic E-state index is 0.0378. The highest BCUT2D eigenvalue weighted by Crippen LogP contribution is 2.47. The monoisotopic (exact) mass is 417 g/mol. The van der Waals surface area contributed by atoms with E-state index in [4.69, 9.17) is 9.97 Å². The molecule has 0 bridgehead atoms. The second-order valence-corrected chi connectivity index (χ2v) is 8.46. The van der Waals surface area contributed by atoms with E-state index in [1.807, 2.05) is 27.8 Å². The van der Waals surface area contributed by atoms with E-state index in [1.165, 1.54) is 11.3 Å². The maximum absolute atomic E-state index is 11.8. The zero-order valence-corrected chi connectivity index (χ0v) is 17.8. The largest absolute Gasteiger partial charge is 0.368 e. The molecule has 0 radical (unpaired) electrons. The molecule has 0 unspecified atom stereocenters. The van der Waals surface area contributed by atoms with Gasteiger partial charge in [-0.15, -0.1) is 0 Å². The number of amides is 1. The molecule has 1 spiro atoms. The first-order valence-electron chi connectivity index (χ1n) is 10.9. The fraction of sp³-hybridized carbons (Fsp3) is 0.435. The number of piperidine rings is 1. The third kappa shape index (κ3) is 3.78. The fourth-order valence-electron chi connectivity index (χ4n) is 4.88. The van der Waals surface area contributed by atoms with Crippen molar-refractivity contribution < 1.29 is 4.79 Å². The van der Waals surface area contributed by atoms with Gasteiger partial charge in [-0.05, 0) is 25.7 Å². The number of aromatic nitrogens is 5. The standard InChI is InChI=1S/C23H27N7O/c1-17(31)29-12-9-23(10-13-29)8-7-19-20(23)27-21(18-5-3-2-4-6-18)28-22(19)25-11-14-30-16-24-15-26-30/h2-6,15-16H,7-14H2,1H3,(H,25,27,28). The van der Waals surface area contributed by atoms with Crippen LogP contribution in [-0.4, -0.2) is 55.2 Å². The Hall–Kier alpha value is -3.29. The molecule has 0 saturated carbocycles. The summed E-state index contributed by atoms with van der Waals surface area (Å²) in [6.45, 7) is 4.70. The third-order valence-corrected chi connectivity index (χ3v) is 6.66. The van der Waals surface area contributed by atoms with E-state index in [2.05, 4.69) is 27.5 Å². The topological polar surface area (TPSA) is 88.8 Å². The minimum Gasteiger partial charge on any atom is -0.368 e.